The summed E-state index contributed by atoms with van der Waals surface area (Å²) in [6.45, 7) is 1.98. The summed E-state index contributed by atoms with van der Waals surface area (Å²) in [7, 11) is 3.09. The van der Waals surface area contributed by atoms with Gasteiger partial charge in [-0.25, -0.2) is 4.79 Å². The largest absolute Gasteiger partial charge is 0.497 e. The third kappa shape index (κ3) is 4.26. The average Bonchev–Trinajstić information content (AvgIpc) is 3.30. The summed E-state index contributed by atoms with van der Waals surface area (Å²) in [6, 6.07) is 4.75. The van der Waals surface area contributed by atoms with Crippen molar-refractivity contribution in [2.45, 2.75) is 25.4 Å². The van der Waals surface area contributed by atoms with Crippen molar-refractivity contribution < 1.29 is 19.4 Å². The minimum absolute atomic E-state index is 0.227. The highest BCUT2D eigenvalue weighted by Crippen LogP contribution is 2.39. The second kappa shape index (κ2) is 6.22. The third-order valence-corrected chi connectivity index (χ3v) is 3.67. The Hall–Kier alpha value is -1.95. The van der Waals surface area contributed by atoms with E-state index >= 15 is 0 Å². The summed E-state index contributed by atoms with van der Waals surface area (Å²) in [4.78, 5) is 11.9. The van der Waals surface area contributed by atoms with Crippen LogP contribution in [0.4, 0.5) is 10.5 Å². The average molecular weight is 294 g/mol. The predicted molar refractivity (Wildman–Crippen MR) is 79.9 cm³/mol. The first-order valence-corrected chi connectivity index (χ1v) is 6.95. The van der Waals surface area contributed by atoms with Crippen LogP contribution in [0.15, 0.2) is 18.2 Å². The van der Waals surface area contributed by atoms with Gasteiger partial charge in [0, 0.05) is 30.4 Å². The Morgan fingerprint density at radius 1 is 1.29 bits per heavy atom. The van der Waals surface area contributed by atoms with E-state index in [4.69, 9.17) is 9.47 Å². The Labute approximate surface area is 124 Å². The molecule has 0 aliphatic heterocycles. The molecular formula is C15H22N2O4. The van der Waals surface area contributed by atoms with Crippen LogP contribution in [0.3, 0.4) is 0 Å². The van der Waals surface area contributed by atoms with Gasteiger partial charge in [-0.2, -0.15) is 0 Å². The zero-order chi connectivity index (χ0) is 15.5. The summed E-state index contributed by atoms with van der Waals surface area (Å²) in [5.41, 5.74) is -0.279. The van der Waals surface area contributed by atoms with E-state index in [1.165, 1.54) is 0 Å². The maximum Gasteiger partial charge on any atom is 0.319 e. The lowest BCUT2D eigenvalue weighted by Gasteiger charge is -2.23. The number of urea groups is 1. The van der Waals surface area contributed by atoms with Crippen LogP contribution in [-0.2, 0) is 0 Å². The fraction of sp³-hybridized carbons (Fsp3) is 0.533. The standard InChI is InChI=1S/C15H22N2O4/c1-15(19,10-4-5-10)9-16-14(18)17-11-6-12(20-2)8-13(7-11)21-3/h6-8,10,19H,4-5,9H2,1-3H3,(H2,16,17,18). The van der Waals surface area contributed by atoms with Crippen molar-refractivity contribution in [1.29, 1.82) is 0 Å². The highest BCUT2D eigenvalue weighted by molar-refractivity contribution is 5.89. The van der Waals surface area contributed by atoms with Gasteiger partial charge >= 0.3 is 6.03 Å². The molecule has 21 heavy (non-hydrogen) atoms. The SMILES string of the molecule is COc1cc(NC(=O)NCC(C)(O)C2CC2)cc(OC)c1. The number of amides is 2. The number of benzene rings is 1. The van der Waals surface area contributed by atoms with E-state index in [9.17, 15) is 9.90 Å². The smallest absolute Gasteiger partial charge is 0.319 e. The van der Waals surface area contributed by atoms with E-state index in [0.29, 0.717) is 17.2 Å². The topological polar surface area (TPSA) is 79.8 Å². The Morgan fingerprint density at radius 2 is 1.86 bits per heavy atom. The molecule has 1 aromatic carbocycles. The first-order valence-electron chi connectivity index (χ1n) is 6.95. The van der Waals surface area contributed by atoms with Crippen molar-refractivity contribution in [3.63, 3.8) is 0 Å². The molecule has 0 saturated heterocycles. The van der Waals surface area contributed by atoms with Gasteiger partial charge in [0.1, 0.15) is 11.5 Å². The maximum atomic E-state index is 11.9. The number of ether oxygens (including phenoxy) is 2. The van der Waals surface area contributed by atoms with E-state index in [0.717, 1.165) is 12.8 Å². The molecule has 1 fully saturated rings. The van der Waals surface area contributed by atoms with E-state index in [2.05, 4.69) is 10.6 Å². The first kappa shape index (κ1) is 15.4. The number of rotatable bonds is 6. The van der Waals surface area contributed by atoms with Gasteiger partial charge in [-0.1, -0.05) is 0 Å². The zero-order valence-corrected chi connectivity index (χ0v) is 12.6. The molecule has 0 heterocycles. The molecule has 1 saturated carbocycles. The summed E-state index contributed by atoms with van der Waals surface area (Å²) in [6.07, 6.45) is 2.03. The van der Waals surface area contributed by atoms with Gasteiger partial charge in [-0.05, 0) is 25.7 Å². The van der Waals surface area contributed by atoms with Gasteiger partial charge in [0.2, 0.25) is 0 Å². The predicted octanol–water partition coefficient (Wildman–Crippen LogP) is 1.99. The van der Waals surface area contributed by atoms with Crippen LogP contribution in [0, 0.1) is 5.92 Å². The molecule has 2 amide bonds. The highest BCUT2D eigenvalue weighted by atomic mass is 16.5. The number of hydrogen-bond acceptors (Lipinski definition) is 4. The van der Waals surface area contributed by atoms with E-state index in [1.54, 1.807) is 39.3 Å². The van der Waals surface area contributed by atoms with Crippen molar-refractivity contribution in [2.24, 2.45) is 5.92 Å². The van der Waals surface area contributed by atoms with E-state index < -0.39 is 5.60 Å². The lowest BCUT2D eigenvalue weighted by molar-refractivity contribution is 0.0398. The van der Waals surface area contributed by atoms with Crippen LogP contribution < -0.4 is 20.1 Å². The lowest BCUT2D eigenvalue weighted by Crippen LogP contribution is -2.43. The highest BCUT2D eigenvalue weighted by Gasteiger charge is 2.39. The number of carbonyl (C=O) groups excluding carboxylic acids is 1. The Morgan fingerprint density at radius 3 is 2.33 bits per heavy atom. The molecule has 1 aliphatic rings. The molecule has 1 atom stereocenters. The summed E-state index contributed by atoms with van der Waals surface area (Å²) < 4.78 is 10.3. The summed E-state index contributed by atoms with van der Waals surface area (Å²) in [5, 5.41) is 15.5. The van der Waals surface area contributed by atoms with E-state index in [1.807, 2.05) is 0 Å². The normalized spacial score (nSPS) is 16.8. The minimum atomic E-state index is -0.844. The van der Waals surface area contributed by atoms with Crippen LogP contribution in [0.25, 0.3) is 0 Å². The second-order valence-electron chi connectivity index (χ2n) is 5.54. The Bertz CT molecular complexity index is 490. The molecule has 0 bridgehead atoms. The van der Waals surface area contributed by atoms with Gasteiger partial charge in [0.05, 0.1) is 19.8 Å². The van der Waals surface area contributed by atoms with Crippen molar-refractivity contribution >= 4 is 11.7 Å². The van der Waals surface area contributed by atoms with Gasteiger partial charge in [0.15, 0.2) is 0 Å². The lowest BCUT2D eigenvalue weighted by atomic mass is 10.0. The monoisotopic (exact) mass is 294 g/mol. The van der Waals surface area contributed by atoms with Crippen molar-refractivity contribution in [2.75, 3.05) is 26.1 Å². The maximum absolute atomic E-state index is 11.9. The molecule has 116 valence electrons. The van der Waals surface area contributed by atoms with Gasteiger partial charge < -0.3 is 25.2 Å². The fourth-order valence-electron chi connectivity index (χ4n) is 2.16. The quantitative estimate of drug-likeness (QED) is 0.749. The second-order valence-corrected chi connectivity index (χ2v) is 5.54. The summed E-state index contributed by atoms with van der Waals surface area (Å²) >= 11 is 0. The van der Waals surface area contributed by atoms with Crippen LogP contribution in [0.5, 0.6) is 11.5 Å². The van der Waals surface area contributed by atoms with Gasteiger partial charge in [-0.15, -0.1) is 0 Å². The third-order valence-electron chi connectivity index (χ3n) is 3.67. The van der Waals surface area contributed by atoms with Crippen LogP contribution in [0.1, 0.15) is 19.8 Å². The number of hydrogen-bond donors (Lipinski definition) is 3. The number of aliphatic hydroxyl groups is 1. The fourth-order valence-corrected chi connectivity index (χ4v) is 2.16. The molecule has 0 aromatic heterocycles. The van der Waals surface area contributed by atoms with Crippen molar-refractivity contribution in [3.05, 3.63) is 18.2 Å². The van der Waals surface area contributed by atoms with E-state index in [-0.39, 0.29) is 18.5 Å². The van der Waals surface area contributed by atoms with Crippen molar-refractivity contribution in [3.8, 4) is 11.5 Å². The molecule has 1 unspecified atom stereocenters. The Kier molecular flexibility index (Phi) is 4.57. The van der Waals surface area contributed by atoms with Crippen molar-refractivity contribution in [1.82, 2.24) is 5.32 Å². The minimum Gasteiger partial charge on any atom is -0.497 e. The van der Waals surface area contributed by atoms with Crippen LogP contribution >= 0.6 is 0 Å². The number of methoxy groups -OCH3 is 2. The van der Waals surface area contributed by atoms with Crippen LogP contribution in [-0.4, -0.2) is 37.5 Å². The van der Waals surface area contributed by atoms with Gasteiger partial charge in [-0.3, -0.25) is 0 Å². The van der Waals surface area contributed by atoms with Crippen LogP contribution in [0.2, 0.25) is 0 Å². The molecule has 2 rings (SSSR count). The molecule has 0 spiro atoms. The molecule has 6 nitrogen and oxygen atoms in total. The zero-order valence-electron chi connectivity index (χ0n) is 12.6. The van der Waals surface area contributed by atoms with Gasteiger partial charge in [0.25, 0.3) is 0 Å². The Balaban J connectivity index is 1.92. The first-order chi connectivity index (χ1) is 9.94. The molecular weight excluding hydrogens is 272 g/mol. The molecule has 6 heteroatoms. The molecule has 1 aromatic rings. The number of anilines is 1. The molecule has 0 radical (unpaired) electrons. The molecule has 1 aliphatic carbocycles. The summed E-state index contributed by atoms with van der Waals surface area (Å²) in [5.74, 6) is 1.47. The number of carbonyl (C=O) groups is 1. The number of nitrogens with one attached hydrogen (secondary N) is 2. The molecule has 3 N–H and O–H groups in total.